The molecule has 2 aromatic carbocycles. The van der Waals surface area contributed by atoms with Gasteiger partial charge in [0.2, 0.25) is 5.91 Å². The van der Waals surface area contributed by atoms with Crippen molar-refractivity contribution >= 4 is 28.5 Å². The molecule has 0 aliphatic carbocycles. The molecule has 35 heavy (non-hydrogen) atoms. The molecule has 8 nitrogen and oxygen atoms in total. The number of benzene rings is 2. The minimum Gasteiger partial charge on any atom is -0.351 e. The van der Waals surface area contributed by atoms with Crippen LogP contribution in [0.4, 0.5) is 5.69 Å². The average molecular weight is 478 g/mol. The van der Waals surface area contributed by atoms with Gasteiger partial charge in [0.25, 0.3) is 11.5 Å². The summed E-state index contributed by atoms with van der Waals surface area (Å²) < 4.78 is 0. The topological polar surface area (TPSA) is 107 Å². The Hall–Kier alpha value is -3.52. The summed E-state index contributed by atoms with van der Waals surface area (Å²) in [5, 5.41) is 5.72. The SMILES string of the molecule is CC(=O)Nc1ccccc1-c1nc2ccc(C(=O)NCCN(CC(C)C)CC(C)C)cc2[nH]c1=O. The maximum atomic E-state index is 12.8. The molecule has 0 aliphatic heterocycles. The van der Waals surface area contributed by atoms with Crippen LogP contribution in [0.2, 0.25) is 0 Å². The van der Waals surface area contributed by atoms with Crippen molar-refractivity contribution in [1.29, 1.82) is 0 Å². The van der Waals surface area contributed by atoms with E-state index in [1.54, 1.807) is 42.5 Å². The third kappa shape index (κ3) is 7.23. The Kier molecular flexibility index (Phi) is 8.76. The lowest BCUT2D eigenvalue weighted by Gasteiger charge is -2.26. The molecule has 0 saturated heterocycles. The van der Waals surface area contributed by atoms with Crippen molar-refractivity contribution in [2.45, 2.75) is 34.6 Å². The smallest absolute Gasteiger partial charge is 0.275 e. The molecule has 8 heteroatoms. The molecule has 186 valence electrons. The van der Waals surface area contributed by atoms with Crippen LogP contribution in [-0.4, -0.2) is 52.9 Å². The number of anilines is 1. The highest BCUT2D eigenvalue weighted by Gasteiger charge is 2.15. The Morgan fingerprint density at radius 2 is 1.71 bits per heavy atom. The van der Waals surface area contributed by atoms with Crippen LogP contribution in [0.1, 0.15) is 45.0 Å². The van der Waals surface area contributed by atoms with Crippen molar-refractivity contribution in [2.75, 3.05) is 31.5 Å². The lowest BCUT2D eigenvalue weighted by Crippen LogP contribution is -2.38. The number of fused-ring (bicyclic) bond motifs is 1. The summed E-state index contributed by atoms with van der Waals surface area (Å²) in [5.74, 6) is 0.692. The molecule has 0 fully saturated rings. The molecule has 0 atom stereocenters. The Morgan fingerprint density at radius 1 is 1.03 bits per heavy atom. The lowest BCUT2D eigenvalue weighted by molar-refractivity contribution is -0.114. The van der Waals surface area contributed by atoms with Gasteiger partial charge in [-0.2, -0.15) is 0 Å². The molecule has 3 aromatic rings. The van der Waals surface area contributed by atoms with Crippen molar-refractivity contribution in [2.24, 2.45) is 11.8 Å². The lowest BCUT2D eigenvalue weighted by atomic mass is 10.1. The second kappa shape index (κ2) is 11.8. The molecule has 0 bridgehead atoms. The molecule has 2 amide bonds. The fourth-order valence-corrected chi connectivity index (χ4v) is 4.12. The molecule has 0 spiro atoms. The molecule has 0 aliphatic rings. The van der Waals surface area contributed by atoms with E-state index in [0.29, 0.717) is 46.2 Å². The highest BCUT2D eigenvalue weighted by atomic mass is 16.2. The van der Waals surface area contributed by atoms with Gasteiger partial charge in [-0.1, -0.05) is 45.9 Å². The van der Waals surface area contributed by atoms with E-state index in [-0.39, 0.29) is 17.5 Å². The summed E-state index contributed by atoms with van der Waals surface area (Å²) in [4.78, 5) is 46.9. The van der Waals surface area contributed by atoms with Gasteiger partial charge in [0.1, 0.15) is 5.69 Å². The quantitative estimate of drug-likeness (QED) is 0.411. The number of aromatic amines is 1. The van der Waals surface area contributed by atoms with Crippen molar-refractivity contribution in [3.8, 4) is 11.3 Å². The summed E-state index contributed by atoms with van der Waals surface area (Å²) >= 11 is 0. The van der Waals surface area contributed by atoms with Crippen LogP contribution in [0.5, 0.6) is 0 Å². The maximum Gasteiger partial charge on any atom is 0.275 e. The van der Waals surface area contributed by atoms with Gasteiger partial charge in [-0.25, -0.2) is 4.98 Å². The van der Waals surface area contributed by atoms with Gasteiger partial charge < -0.3 is 20.5 Å². The summed E-state index contributed by atoms with van der Waals surface area (Å²) in [5.41, 5.74) is 2.33. The zero-order valence-electron chi connectivity index (χ0n) is 21.1. The third-order valence-electron chi connectivity index (χ3n) is 5.41. The van der Waals surface area contributed by atoms with Crippen LogP contribution in [0.25, 0.3) is 22.3 Å². The first-order valence-electron chi connectivity index (χ1n) is 12.1. The van der Waals surface area contributed by atoms with Gasteiger partial charge in [0, 0.05) is 44.2 Å². The molecule has 3 rings (SSSR count). The molecule has 1 heterocycles. The second-order valence-corrected chi connectivity index (χ2v) is 9.68. The van der Waals surface area contributed by atoms with E-state index in [4.69, 9.17) is 0 Å². The molecule has 1 aromatic heterocycles. The normalized spacial score (nSPS) is 11.4. The van der Waals surface area contributed by atoms with Gasteiger partial charge in [-0.3, -0.25) is 14.4 Å². The fourth-order valence-electron chi connectivity index (χ4n) is 4.12. The third-order valence-corrected chi connectivity index (χ3v) is 5.41. The summed E-state index contributed by atoms with van der Waals surface area (Å²) in [6.07, 6.45) is 0. The first-order chi connectivity index (χ1) is 16.6. The minimum absolute atomic E-state index is 0.193. The number of aromatic nitrogens is 2. The van der Waals surface area contributed by atoms with Crippen LogP contribution in [0.3, 0.4) is 0 Å². The summed E-state index contributed by atoms with van der Waals surface area (Å²) in [6.45, 7) is 13.5. The van der Waals surface area contributed by atoms with Crippen molar-refractivity contribution in [3.63, 3.8) is 0 Å². The Balaban J connectivity index is 1.77. The number of para-hydroxylation sites is 1. The molecule has 3 N–H and O–H groups in total. The first-order valence-corrected chi connectivity index (χ1v) is 12.1. The number of H-pyrrole nitrogens is 1. The molecule has 0 radical (unpaired) electrons. The van der Waals surface area contributed by atoms with E-state index < -0.39 is 5.56 Å². The first kappa shape index (κ1) is 26.1. The van der Waals surface area contributed by atoms with Crippen molar-refractivity contribution in [1.82, 2.24) is 20.2 Å². The van der Waals surface area contributed by atoms with Crippen LogP contribution >= 0.6 is 0 Å². The summed E-state index contributed by atoms with van der Waals surface area (Å²) in [7, 11) is 0. The van der Waals surface area contributed by atoms with E-state index >= 15 is 0 Å². The van der Waals surface area contributed by atoms with Crippen LogP contribution in [0.15, 0.2) is 47.3 Å². The van der Waals surface area contributed by atoms with E-state index in [1.165, 1.54) is 6.92 Å². The Bertz CT molecular complexity index is 1240. The van der Waals surface area contributed by atoms with Gasteiger partial charge in [-0.15, -0.1) is 0 Å². The highest BCUT2D eigenvalue weighted by Crippen LogP contribution is 2.25. The Labute approximate surface area is 206 Å². The van der Waals surface area contributed by atoms with E-state index in [0.717, 1.165) is 19.6 Å². The number of hydrogen-bond donors (Lipinski definition) is 3. The Morgan fingerprint density at radius 3 is 2.37 bits per heavy atom. The van der Waals surface area contributed by atoms with Crippen molar-refractivity contribution < 1.29 is 9.59 Å². The summed E-state index contributed by atoms with van der Waals surface area (Å²) in [6, 6.07) is 12.1. The maximum absolute atomic E-state index is 12.8. The van der Waals surface area contributed by atoms with Gasteiger partial charge >= 0.3 is 0 Å². The second-order valence-electron chi connectivity index (χ2n) is 9.68. The molecular weight excluding hydrogens is 442 g/mol. The predicted octanol–water partition coefficient (Wildman–Crippen LogP) is 3.89. The van der Waals surface area contributed by atoms with Gasteiger partial charge in [0.15, 0.2) is 0 Å². The van der Waals surface area contributed by atoms with Gasteiger partial charge in [0.05, 0.1) is 16.7 Å². The van der Waals surface area contributed by atoms with E-state index in [1.807, 2.05) is 0 Å². The largest absolute Gasteiger partial charge is 0.351 e. The zero-order chi connectivity index (χ0) is 25.5. The van der Waals surface area contributed by atoms with Crippen LogP contribution < -0.4 is 16.2 Å². The zero-order valence-corrected chi connectivity index (χ0v) is 21.1. The number of carbonyl (C=O) groups excluding carboxylic acids is 2. The van der Waals surface area contributed by atoms with E-state index in [2.05, 4.69) is 53.2 Å². The minimum atomic E-state index is -0.397. The number of amides is 2. The number of nitrogens with zero attached hydrogens (tertiary/aromatic N) is 2. The molecule has 0 unspecified atom stereocenters. The standard InChI is InChI=1S/C27H35N5O3/c1-17(2)15-32(16-18(3)4)13-12-28-26(34)20-10-11-23-24(14-20)31-27(35)25(30-23)21-8-6-7-9-22(21)29-19(5)33/h6-11,14,17-18H,12-13,15-16H2,1-5H3,(H,28,34)(H,29,33)(H,31,35). The number of hydrogen-bond acceptors (Lipinski definition) is 5. The fraction of sp³-hybridized carbons (Fsp3) is 0.407. The molecule has 0 saturated carbocycles. The van der Waals surface area contributed by atoms with Gasteiger partial charge in [-0.05, 0) is 36.1 Å². The van der Waals surface area contributed by atoms with Crippen LogP contribution in [-0.2, 0) is 4.79 Å². The number of nitrogens with one attached hydrogen (secondary N) is 3. The highest BCUT2D eigenvalue weighted by molar-refractivity contribution is 5.98. The number of carbonyl (C=O) groups is 2. The van der Waals surface area contributed by atoms with Crippen molar-refractivity contribution in [3.05, 3.63) is 58.4 Å². The van der Waals surface area contributed by atoms with E-state index in [9.17, 15) is 14.4 Å². The number of rotatable bonds is 10. The van der Waals surface area contributed by atoms with Crippen LogP contribution in [0, 0.1) is 11.8 Å². The predicted molar refractivity (Wildman–Crippen MR) is 141 cm³/mol. The monoisotopic (exact) mass is 477 g/mol. The average Bonchev–Trinajstić information content (AvgIpc) is 2.77. The molecular formula is C27H35N5O3.